The van der Waals surface area contributed by atoms with Crippen LogP contribution >= 0.6 is 0 Å². The SMILES string of the molecule is c1ccc(-c2ccc(N(c3ccc(-c4cccc5c4oc4ccccc45)cc3)c3ccc4ccccc4c3)cc2)cc1.c1ccc(-c2ccc(N(c3ccc(-c4cccc5c4oc4ccccc45)cc3)c3cccc4ccccc34)cc2)cc1.c1ccc(-c2cccc(N(c3ccccc3)c3ccc(-c4cccc5c4oc4ccccc45)cc3)c2)cc1. The maximum atomic E-state index is 6.34. The van der Waals surface area contributed by atoms with Crippen molar-refractivity contribution in [2.45, 2.75) is 0 Å². The summed E-state index contributed by atoms with van der Waals surface area (Å²) in [6.45, 7) is 0. The van der Waals surface area contributed by atoms with Gasteiger partial charge in [0.1, 0.15) is 33.5 Å². The van der Waals surface area contributed by atoms with E-state index in [0.717, 1.165) is 150 Å². The monoisotopic (exact) mass is 1560 g/mol. The molecule has 0 saturated carbocycles. The molecule has 0 unspecified atom stereocenters. The van der Waals surface area contributed by atoms with Gasteiger partial charge in [-0.25, -0.2) is 0 Å². The quantitative estimate of drug-likeness (QED) is 0.102. The molecule has 3 heterocycles. The summed E-state index contributed by atoms with van der Waals surface area (Å²) in [5.74, 6) is 0. The zero-order chi connectivity index (χ0) is 81.1. The van der Waals surface area contributed by atoms with Gasteiger partial charge in [0.25, 0.3) is 0 Å². The average Bonchev–Trinajstić information content (AvgIpc) is 0.953. The van der Waals surface area contributed by atoms with E-state index in [1.54, 1.807) is 0 Å². The summed E-state index contributed by atoms with van der Waals surface area (Å²) >= 11 is 0. The van der Waals surface area contributed by atoms with E-state index in [1.165, 1.54) is 54.9 Å². The van der Waals surface area contributed by atoms with Crippen LogP contribution in [0.2, 0.25) is 0 Å². The van der Waals surface area contributed by atoms with Crippen LogP contribution in [-0.4, -0.2) is 0 Å². The molecule has 23 rings (SSSR count). The van der Waals surface area contributed by atoms with E-state index in [1.807, 2.05) is 36.4 Å². The fraction of sp³-hybridized carbons (Fsp3) is 0. The van der Waals surface area contributed by atoms with Crippen LogP contribution in [0.3, 0.4) is 0 Å². The van der Waals surface area contributed by atoms with Crippen molar-refractivity contribution in [1.29, 1.82) is 0 Å². The highest BCUT2D eigenvalue weighted by atomic mass is 16.3. The third kappa shape index (κ3) is 14.4. The zero-order valence-electron chi connectivity index (χ0n) is 66.7. The molecule has 0 aliphatic heterocycles. The van der Waals surface area contributed by atoms with Gasteiger partial charge in [0, 0.05) is 99.9 Å². The van der Waals surface area contributed by atoms with Gasteiger partial charge in [-0.3, -0.25) is 0 Å². The van der Waals surface area contributed by atoms with Crippen LogP contribution in [-0.2, 0) is 0 Å². The number of fused-ring (bicyclic) bond motifs is 11. The largest absolute Gasteiger partial charge is 0.455 e. The van der Waals surface area contributed by atoms with Crippen LogP contribution < -0.4 is 14.7 Å². The van der Waals surface area contributed by atoms with Gasteiger partial charge in [-0.1, -0.05) is 358 Å². The number of nitrogens with zero attached hydrogens (tertiary/aromatic N) is 3. The van der Waals surface area contributed by atoms with Crippen molar-refractivity contribution in [1.82, 2.24) is 0 Å². The summed E-state index contributed by atoms with van der Waals surface area (Å²) in [6, 6.07) is 169. The van der Waals surface area contributed by atoms with Gasteiger partial charge in [-0.05, 0) is 188 Å². The van der Waals surface area contributed by atoms with E-state index >= 15 is 0 Å². The van der Waals surface area contributed by atoms with Gasteiger partial charge < -0.3 is 28.0 Å². The maximum Gasteiger partial charge on any atom is 0.143 e. The number of benzene rings is 20. The molecule has 23 aromatic rings. The van der Waals surface area contributed by atoms with E-state index in [-0.39, 0.29) is 0 Å². The van der Waals surface area contributed by atoms with Gasteiger partial charge in [-0.2, -0.15) is 0 Å². The minimum absolute atomic E-state index is 0.914. The predicted molar refractivity (Wildman–Crippen MR) is 513 cm³/mol. The first-order valence-corrected chi connectivity index (χ1v) is 41.4. The normalized spacial score (nSPS) is 11.3. The summed E-state index contributed by atoms with van der Waals surface area (Å²) in [5, 5.41) is 11.7. The van der Waals surface area contributed by atoms with E-state index in [0.29, 0.717) is 0 Å². The lowest BCUT2D eigenvalue weighted by atomic mass is 10.0. The molecule has 0 bridgehead atoms. The Hall–Kier alpha value is -16.3. The molecule has 6 nitrogen and oxygen atoms in total. The van der Waals surface area contributed by atoms with Crippen LogP contribution in [0, 0.1) is 0 Å². The predicted octanol–water partition coefficient (Wildman–Crippen LogP) is 33.5. The topological polar surface area (TPSA) is 49.1 Å². The molecule has 0 amide bonds. The van der Waals surface area contributed by atoms with Crippen molar-refractivity contribution >= 4 is 139 Å². The smallest absolute Gasteiger partial charge is 0.143 e. The molecule has 0 aliphatic carbocycles. The highest BCUT2D eigenvalue weighted by Crippen LogP contribution is 2.46. The number of hydrogen-bond acceptors (Lipinski definition) is 6. The van der Waals surface area contributed by atoms with Crippen LogP contribution in [0.1, 0.15) is 0 Å². The number of para-hydroxylation sites is 7. The Balaban J connectivity index is 0.000000113. The molecule has 0 aliphatic rings. The van der Waals surface area contributed by atoms with Gasteiger partial charge in [0.05, 0.1) is 5.69 Å². The number of furan rings is 3. The van der Waals surface area contributed by atoms with Gasteiger partial charge in [-0.15, -0.1) is 0 Å². The van der Waals surface area contributed by atoms with Crippen molar-refractivity contribution in [2.75, 3.05) is 14.7 Å². The van der Waals surface area contributed by atoms with Crippen molar-refractivity contribution in [3.8, 4) is 66.8 Å². The molecular formula is C116H79N3O3. The number of hydrogen-bond donors (Lipinski definition) is 0. The summed E-state index contributed by atoms with van der Waals surface area (Å²) in [4.78, 5) is 6.98. The summed E-state index contributed by atoms with van der Waals surface area (Å²) < 4.78 is 19.0. The molecular weight excluding hydrogens is 1480 g/mol. The Labute approximate surface area is 707 Å². The molecule has 0 spiro atoms. The van der Waals surface area contributed by atoms with Crippen LogP contribution in [0.5, 0.6) is 0 Å². The van der Waals surface area contributed by atoms with Crippen LogP contribution in [0.15, 0.2) is 492 Å². The first-order valence-electron chi connectivity index (χ1n) is 41.4. The Kier molecular flexibility index (Phi) is 19.6. The molecule has 0 fully saturated rings. The first kappa shape index (κ1) is 73.4. The Morgan fingerprint density at radius 2 is 0.410 bits per heavy atom. The Bertz CT molecular complexity index is 7640. The molecule has 20 aromatic carbocycles. The molecule has 0 atom stereocenters. The molecule has 0 radical (unpaired) electrons. The fourth-order valence-electron chi connectivity index (χ4n) is 17.2. The first-order chi connectivity index (χ1) is 60.5. The van der Waals surface area contributed by atoms with Crippen molar-refractivity contribution in [3.05, 3.63) is 479 Å². The minimum atomic E-state index is 0.914. The molecule has 6 heteroatoms. The van der Waals surface area contributed by atoms with Gasteiger partial charge in [0.15, 0.2) is 0 Å². The van der Waals surface area contributed by atoms with E-state index in [4.69, 9.17) is 13.3 Å². The standard InChI is InChI=1S/2C40H27NO.C36H25NO/c1-2-10-28(11-3-1)29-20-24-32(25-21-29)41(38-18-8-13-30-12-4-5-14-34(30)38)33-26-22-31(23-27-33)35-16-9-17-37-36-15-6-7-19-39(36)42-40(35)37;1-2-9-28(10-3-1)30-17-22-33(23-18-30)41(35-26-19-29-11-4-5-12-32(29)27-35)34-24-20-31(21-25-34)36-14-8-15-38-37-13-6-7-16-39(37)42-40(36)38;1-3-11-26(12-4-1)28-13-9-16-31(25-28)37(29-14-5-2-6-15-29)30-23-21-27(22-24-30)32-18-10-19-34-33-17-7-8-20-35(33)38-36(32)34/h2*1-27H;1-25H. The van der Waals surface area contributed by atoms with Crippen LogP contribution in [0.4, 0.5) is 51.2 Å². The molecule has 0 N–H and O–H groups in total. The molecule has 122 heavy (non-hydrogen) atoms. The lowest BCUT2D eigenvalue weighted by molar-refractivity contribution is 0.669. The van der Waals surface area contributed by atoms with Crippen molar-refractivity contribution < 1.29 is 13.3 Å². The summed E-state index contributed by atoms with van der Waals surface area (Å²) in [7, 11) is 0. The van der Waals surface area contributed by atoms with Crippen molar-refractivity contribution in [3.63, 3.8) is 0 Å². The molecule has 3 aromatic heterocycles. The lowest BCUT2D eigenvalue weighted by Gasteiger charge is -2.27. The number of anilines is 9. The summed E-state index contributed by atoms with van der Waals surface area (Å²) in [5.41, 5.74) is 29.4. The maximum absolute atomic E-state index is 6.34. The highest BCUT2D eigenvalue weighted by Gasteiger charge is 2.22. The molecule has 0 saturated heterocycles. The average molecular weight is 1560 g/mol. The van der Waals surface area contributed by atoms with Gasteiger partial charge in [0.2, 0.25) is 0 Å². The minimum Gasteiger partial charge on any atom is -0.455 e. The third-order valence-electron chi connectivity index (χ3n) is 23.2. The van der Waals surface area contributed by atoms with E-state index in [9.17, 15) is 0 Å². The summed E-state index contributed by atoms with van der Waals surface area (Å²) in [6.07, 6.45) is 0. The second-order valence-corrected chi connectivity index (χ2v) is 30.6. The second-order valence-electron chi connectivity index (χ2n) is 30.6. The van der Waals surface area contributed by atoms with Crippen molar-refractivity contribution in [2.24, 2.45) is 0 Å². The highest BCUT2D eigenvalue weighted by molar-refractivity contribution is 6.12. The van der Waals surface area contributed by atoms with Crippen LogP contribution in [0.25, 0.3) is 154 Å². The lowest BCUT2D eigenvalue weighted by Crippen LogP contribution is -2.10. The van der Waals surface area contributed by atoms with Gasteiger partial charge >= 0.3 is 0 Å². The Morgan fingerprint density at radius 1 is 0.139 bits per heavy atom. The fourth-order valence-corrected chi connectivity index (χ4v) is 17.2. The third-order valence-corrected chi connectivity index (χ3v) is 23.2. The Morgan fingerprint density at radius 3 is 0.844 bits per heavy atom. The number of rotatable bonds is 15. The van der Waals surface area contributed by atoms with E-state index < -0.39 is 0 Å². The van der Waals surface area contributed by atoms with E-state index in [2.05, 4.69) is 458 Å². The molecule has 576 valence electrons. The second kappa shape index (κ2) is 32.7. The zero-order valence-corrected chi connectivity index (χ0v) is 66.7.